The summed E-state index contributed by atoms with van der Waals surface area (Å²) < 4.78 is 13.3. The molecule has 2 N–H and O–H groups in total. The van der Waals surface area contributed by atoms with Crippen LogP contribution < -0.4 is 21.4 Å². The van der Waals surface area contributed by atoms with Gasteiger partial charge in [0.05, 0.1) is 5.22 Å². The number of ether oxygens (including phenoxy) is 1. The molecule has 7 heteroatoms. The molecule has 1 aromatic carbocycles. The van der Waals surface area contributed by atoms with Crippen LogP contribution in [-0.2, 0) is 16.1 Å². The Labute approximate surface area is 168 Å². The maximum atomic E-state index is 12.3. The highest BCUT2D eigenvalue weighted by Crippen LogP contribution is 2.15. The fraction of sp³-hybridized carbons (Fsp3) is 0.273. The highest BCUT2D eigenvalue weighted by Gasteiger charge is 2.17. The van der Waals surface area contributed by atoms with Crippen LogP contribution >= 0.6 is 0 Å². The average molecular weight is 392 g/mol. The van der Waals surface area contributed by atoms with Crippen LogP contribution in [0.2, 0.25) is 0 Å². The van der Waals surface area contributed by atoms with Crippen molar-refractivity contribution < 1.29 is 13.9 Å². The normalized spacial score (nSPS) is 16.3. The second-order valence-electron chi connectivity index (χ2n) is 7.24. The molecule has 150 valence electrons. The number of furan rings is 1. The number of rotatable bonds is 6. The fourth-order valence-corrected chi connectivity index (χ4v) is 3.46. The summed E-state index contributed by atoms with van der Waals surface area (Å²) in [6, 6.07) is 12.1. The standard InChI is InChI=1S/C22H24N4O3/c1-14(13-26-11-10-17-6-4-5-7-19(17)26)23-20(27)8-9-21-24-25-22(29-21)18-12-15(2)28-16(18)3/h4-7,10-12,14,25H,3,8-9,13H2,1-2H3,(H,23,27). The molecule has 0 aliphatic carbocycles. The van der Waals surface area contributed by atoms with E-state index in [1.54, 1.807) is 0 Å². The van der Waals surface area contributed by atoms with Crippen molar-refractivity contribution in [1.29, 1.82) is 0 Å². The molecule has 1 aliphatic heterocycles. The molecule has 1 atom stereocenters. The molecule has 0 radical (unpaired) electrons. The molecule has 1 amide bonds. The summed E-state index contributed by atoms with van der Waals surface area (Å²) in [5.41, 5.74) is 4.52. The van der Waals surface area contributed by atoms with E-state index < -0.39 is 0 Å². The van der Waals surface area contributed by atoms with Crippen LogP contribution in [0.15, 0.2) is 52.1 Å². The third-order valence-corrected chi connectivity index (χ3v) is 4.80. The number of hydrogen-bond acceptors (Lipinski definition) is 5. The van der Waals surface area contributed by atoms with E-state index in [1.807, 2.05) is 38.2 Å². The summed E-state index contributed by atoms with van der Waals surface area (Å²) in [4.78, 5) is 12.3. The van der Waals surface area contributed by atoms with Crippen LogP contribution in [0.25, 0.3) is 23.4 Å². The van der Waals surface area contributed by atoms with E-state index in [4.69, 9.17) is 9.15 Å². The smallest absolute Gasteiger partial charge is 0.226 e. The number of hydrazone groups is 1. The van der Waals surface area contributed by atoms with Gasteiger partial charge in [0.25, 0.3) is 0 Å². The summed E-state index contributed by atoms with van der Waals surface area (Å²) in [7, 11) is 0. The Morgan fingerprint density at radius 2 is 2.17 bits per heavy atom. The number of benzene rings is 1. The zero-order chi connectivity index (χ0) is 20.4. The van der Waals surface area contributed by atoms with E-state index in [1.165, 1.54) is 5.39 Å². The van der Waals surface area contributed by atoms with E-state index >= 15 is 0 Å². The van der Waals surface area contributed by atoms with Crippen LogP contribution in [0.1, 0.15) is 25.5 Å². The highest BCUT2D eigenvalue weighted by molar-refractivity contribution is 5.87. The molecule has 0 fully saturated rings. The molecule has 0 saturated carbocycles. The Hall–Kier alpha value is -3.48. The number of aromatic nitrogens is 1. The Morgan fingerprint density at radius 1 is 1.34 bits per heavy atom. The molecule has 7 nitrogen and oxygen atoms in total. The summed E-state index contributed by atoms with van der Waals surface area (Å²) in [5, 5.41) is 9.11. The van der Waals surface area contributed by atoms with E-state index in [0.29, 0.717) is 36.6 Å². The van der Waals surface area contributed by atoms with Gasteiger partial charge >= 0.3 is 0 Å². The summed E-state index contributed by atoms with van der Waals surface area (Å²) in [6.45, 7) is 8.40. The van der Waals surface area contributed by atoms with Crippen molar-refractivity contribution in [3.8, 4) is 0 Å². The number of nitrogens with one attached hydrogen (secondary N) is 2. The Morgan fingerprint density at radius 3 is 2.97 bits per heavy atom. The van der Waals surface area contributed by atoms with Gasteiger partial charge in [0.15, 0.2) is 0 Å². The number of carbonyl (C=O) groups is 1. The van der Waals surface area contributed by atoms with Gasteiger partial charge in [0.1, 0.15) is 11.2 Å². The van der Waals surface area contributed by atoms with E-state index in [9.17, 15) is 4.79 Å². The summed E-state index contributed by atoms with van der Waals surface area (Å²) in [6.07, 6.45) is 2.75. The third kappa shape index (κ3) is 4.18. The van der Waals surface area contributed by atoms with E-state index in [0.717, 1.165) is 16.5 Å². The zero-order valence-electron chi connectivity index (χ0n) is 16.6. The van der Waals surface area contributed by atoms with Crippen LogP contribution in [0.4, 0.5) is 0 Å². The number of hydrogen-bond donors (Lipinski definition) is 2. The molecular formula is C22H24N4O3. The van der Waals surface area contributed by atoms with E-state index in [-0.39, 0.29) is 11.9 Å². The lowest BCUT2D eigenvalue weighted by Crippen LogP contribution is -2.35. The Balaban J connectivity index is 1.29. The first kappa shape index (κ1) is 18.9. The quantitative estimate of drug-likeness (QED) is 0.672. The fourth-order valence-electron chi connectivity index (χ4n) is 3.46. The minimum atomic E-state index is -0.0364. The lowest BCUT2D eigenvalue weighted by Gasteiger charge is -2.15. The minimum Gasteiger partial charge on any atom is -0.462 e. The Kier molecular flexibility index (Phi) is 5.12. The molecular weight excluding hydrogens is 368 g/mol. The Bertz CT molecular complexity index is 1190. The van der Waals surface area contributed by atoms with Gasteiger partial charge in [0, 0.05) is 37.1 Å². The van der Waals surface area contributed by atoms with Crippen molar-refractivity contribution in [3.05, 3.63) is 59.0 Å². The highest BCUT2D eigenvalue weighted by atomic mass is 16.5. The number of carbonyl (C=O) groups excluding carboxylic acids is 1. The number of nitrogens with zero attached hydrogens (tertiary/aromatic N) is 2. The molecule has 0 saturated heterocycles. The van der Waals surface area contributed by atoms with Crippen molar-refractivity contribution in [1.82, 2.24) is 15.3 Å². The van der Waals surface area contributed by atoms with Crippen LogP contribution in [0.5, 0.6) is 0 Å². The molecule has 29 heavy (non-hydrogen) atoms. The molecule has 2 aromatic heterocycles. The first-order valence-corrected chi connectivity index (χ1v) is 9.63. The van der Waals surface area contributed by atoms with Gasteiger partial charge in [-0.3, -0.25) is 4.79 Å². The average Bonchev–Trinajstić information content (AvgIpc) is 3.39. The molecule has 0 spiro atoms. The lowest BCUT2D eigenvalue weighted by atomic mass is 10.2. The van der Waals surface area contributed by atoms with Crippen LogP contribution in [0.3, 0.4) is 0 Å². The van der Waals surface area contributed by atoms with E-state index in [2.05, 4.69) is 45.2 Å². The third-order valence-electron chi connectivity index (χ3n) is 4.80. The van der Waals surface area contributed by atoms with Gasteiger partial charge in [-0.2, -0.15) is 0 Å². The molecule has 4 rings (SSSR count). The molecule has 1 unspecified atom stereocenters. The monoisotopic (exact) mass is 392 g/mol. The number of amides is 1. The van der Waals surface area contributed by atoms with Gasteiger partial charge < -0.3 is 19.0 Å². The van der Waals surface area contributed by atoms with Crippen molar-refractivity contribution in [2.45, 2.75) is 39.3 Å². The molecule has 1 aliphatic rings. The van der Waals surface area contributed by atoms with Gasteiger partial charge in [-0.15, -0.1) is 5.10 Å². The predicted octanol–water partition coefficient (Wildman–Crippen LogP) is 1.94. The molecule has 0 bridgehead atoms. The van der Waals surface area contributed by atoms with Gasteiger partial charge in [-0.1, -0.05) is 24.8 Å². The van der Waals surface area contributed by atoms with Gasteiger partial charge in [0.2, 0.25) is 17.7 Å². The number of fused-ring (bicyclic) bond motifs is 1. The van der Waals surface area contributed by atoms with Crippen LogP contribution in [-0.4, -0.2) is 22.4 Å². The number of para-hydroxylation sites is 1. The van der Waals surface area contributed by atoms with Gasteiger partial charge in [-0.25, -0.2) is 5.43 Å². The summed E-state index contributed by atoms with van der Waals surface area (Å²) in [5.74, 6) is 1.67. The SMILES string of the molecule is C=c1oc(C)cc1=C1NN=C(CCC(=O)NC(C)Cn2ccc3ccccc32)O1. The largest absolute Gasteiger partial charge is 0.462 e. The van der Waals surface area contributed by atoms with Gasteiger partial charge in [-0.05, 0) is 37.4 Å². The molecule has 3 aromatic rings. The summed E-state index contributed by atoms with van der Waals surface area (Å²) >= 11 is 0. The number of aryl methyl sites for hydroxylation is 1. The predicted molar refractivity (Wildman–Crippen MR) is 112 cm³/mol. The van der Waals surface area contributed by atoms with Crippen molar-refractivity contribution >= 4 is 35.2 Å². The minimum absolute atomic E-state index is 0.00705. The van der Waals surface area contributed by atoms with Crippen molar-refractivity contribution in [3.63, 3.8) is 0 Å². The van der Waals surface area contributed by atoms with Crippen molar-refractivity contribution in [2.24, 2.45) is 5.10 Å². The second-order valence-corrected chi connectivity index (χ2v) is 7.24. The topological polar surface area (TPSA) is 80.8 Å². The first-order valence-electron chi connectivity index (χ1n) is 9.63. The zero-order valence-corrected chi connectivity index (χ0v) is 16.6. The lowest BCUT2D eigenvalue weighted by molar-refractivity contribution is -0.121. The second kappa shape index (κ2) is 7.87. The molecule has 3 heterocycles. The first-order chi connectivity index (χ1) is 14.0. The van der Waals surface area contributed by atoms with Crippen molar-refractivity contribution in [2.75, 3.05) is 0 Å². The maximum absolute atomic E-state index is 12.3. The maximum Gasteiger partial charge on any atom is 0.226 e. The van der Waals surface area contributed by atoms with Crippen LogP contribution in [0, 0.1) is 6.92 Å².